The van der Waals surface area contributed by atoms with Crippen molar-refractivity contribution in [1.82, 2.24) is 4.90 Å². The van der Waals surface area contributed by atoms with Crippen LogP contribution in [0.4, 0.5) is 10.1 Å². The Balaban J connectivity index is 1.72. The molecule has 1 aromatic rings. The van der Waals surface area contributed by atoms with Gasteiger partial charge in [-0.05, 0) is 31.9 Å². The van der Waals surface area contributed by atoms with Gasteiger partial charge in [-0.25, -0.2) is 4.39 Å². The second kappa shape index (κ2) is 7.32. The van der Waals surface area contributed by atoms with Crippen LogP contribution in [-0.2, 0) is 9.59 Å². The average Bonchev–Trinajstić information content (AvgIpc) is 2.98. The second-order valence-corrected chi connectivity index (χ2v) is 6.77. The van der Waals surface area contributed by atoms with E-state index in [1.807, 2.05) is 11.8 Å². The first-order chi connectivity index (χ1) is 11.6. The molecule has 0 bridgehead atoms. The zero-order chi connectivity index (χ0) is 17.1. The van der Waals surface area contributed by atoms with Crippen molar-refractivity contribution >= 4 is 17.5 Å². The topological polar surface area (TPSA) is 40.6 Å². The summed E-state index contributed by atoms with van der Waals surface area (Å²) in [6.45, 7) is 2.95. The molecule has 1 saturated heterocycles. The van der Waals surface area contributed by atoms with Gasteiger partial charge in [-0.15, -0.1) is 0 Å². The zero-order valence-electron chi connectivity index (χ0n) is 14.2. The van der Waals surface area contributed by atoms with Gasteiger partial charge >= 0.3 is 0 Å². The van der Waals surface area contributed by atoms with Crippen LogP contribution >= 0.6 is 0 Å². The SMILES string of the molecule is CCN(C(=O)C1CC(=O)N(c2ccccc2F)C1)C1CCCCC1. The number of carbonyl (C=O) groups is 2. The molecular weight excluding hydrogens is 307 g/mol. The van der Waals surface area contributed by atoms with Gasteiger partial charge in [-0.1, -0.05) is 31.4 Å². The van der Waals surface area contributed by atoms with E-state index in [4.69, 9.17) is 0 Å². The Morgan fingerprint density at radius 2 is 1.96 bits per heavy atom. The molecule has 3 rings (SSSR count). The standard InChI is InChI=1S/C19H25FN2O2/c1-2-21(15-8-4-3-5-9-15)19(24)14-12-18(23)22(13-14)17-11-7-6-10-16(17)20/h6-7,10-11,14-15H,2-5,8-9,12-13H2,1H3. The van der Waals surface area contributed by atoms with Gasteiger partial charge in [0.15, 0.2) is 0 Å². The fourth-order valence-corrected chi connectivity index (χ4v) is 4.00. The fourth-order valence-electron chi connectivity index (χ4n) is 4.00. The van der Waals surface area contributed by atoms with E-state index in [0.29, 0.717) is 12.6 Å². The number of halogens is 1. The Bertz CT molecular complexity index is 613. The first-order valence-corrected chi connectivity index (χ1v) is 8.97. The van der Waals surface area contributed by atoms with Crippen LogP contribution in [-0.4, -0.2) is 35.8 Å². The highest BCUT2D eigenvalue weighted by molar-refractivity contribution is 6.00. The number of amides is 2. The summed E-state index contributed by atoms with van der Waals surface area (Å²) in [7, 11) is 0. The molecule has 0 radical (unpaired) electrons. The van der Waals surface area contributed by atoms with E-state index >= 15 is 0 Å². The Labute approximate surface area is 142 Å². The summed E-state index contributed by atoms with van der Waals surface area (Å²) in [6, 6.07) is 6.55. The summed E-state index contributed by atoms with van der Waals surface area (Å²) < 4.78 is 14.0. The molecule has 24 heavy (non-hydrogen) atoms. The maximum absolute atomic E-state index is 14.0. The first-order valence-electron chi connectivity index (χ1n) is 8.97. The summed E-state index contributed by atoms with van der Waals surface area (Å²) in [5.74, 6) is -0.896. The second-order valence-electron chi connectivity index (χ2n) is 6.77. The number of carbonyl (C=O) groups excluding carboxylic acids is 2. The van der Waals surface area contributed by atoms with Crippen LogP contribution in [0.1, 0.15) is 45.4 Å². The first kappa shape index (κ1) is 16.9. The third-order valence-electron chi connectivity index (χ3n) is 5.26. The van der Waals surface area contributed by atoms with E-state index in [9.17, 15) is 14.0 Å². The van der Waals surface area contributed by atoms with Gasteiger partial charge in [0.2, 0.25) is 11.8 Å². The van der Waals surface area contributed by atoms with E-state index in [1.54, 1.807) is 18.2 Å². The maximum Gasteiger partial charge on any atom is 0.228 e. The van der Waals surface area contributed by atoms with E-state index in [0.717, 1.165) is 12.8 Å². The molecule has 1 heterocycles. The summed E-state index contributed by atoms with van der Waals surface area (Å²) in [5.41, 5.74) is 0.276. The molecule has 1 aliphatic carbocycles. The van der Waals surface area contributed by atoms with Crippen LogP contribution in [0.2, 0.25) is 0 Å². The van der Waals surface area contributed by atoms with E-state index < -0.39 is 5.82 Å². The lowest BCUT2D eigenvalue weighted by molar-refractivity contribution is -0.138. The Kier molecular flexibility index (Phi) is 5.17. The van der Waals surface area contributed by atoms with Gasteiger partial charge < -0.3 is 9.80 Å². The normalized spacial score (nSPS) is 22.0. The number of benzene rings is 1. The van der Waals surface area contributed by atoms with Crippen LogP contribution in [0.25, 0.3) is 0 Å². The van der Waals surface area contributed by atoms with Gasteiger partial charge in [0.25, 0.3) is 0 Å². The van der Waals surface area contributed by atoms with Crippen molar-refractivity contribution in [2.24, 2.45) is 5.92 Å². The Morgan fingerprint density at radius 1 is 1.25 bits per heavy atom. The molecule has 0 spiro atoms. The minimum absolute atomic E-state index is 0.0524. The predicted molar refractivity (Wildman–Crippen MR) is 91.1 cm³/mol. The molecule has 1 unspecified atom stereocenters. The maximum atomic E-state index is 14.0. The van der Waals surface area contributed by atoms with Crippen LogP contribution in [0.5, 0.6) is 0 Å². The van der Waals surface area contributed by atoms with Crippen molar-refractivity contribution in [3.8, 4) is 0 Å². The summed E-state index contributed by atoms with van der Waals surface area (Å²) in [5, 5.41) is 0. The van der Waals surface area contributed by atoms with Gasteiger partial charge in [0.05, 0.1) is 11.6 Å². The number of hydrogen-bond donors (Lipinski definition) is 0. The summed E-state index contributed by atoms with van der Waals surface area (Å²) in [6.07, 6.45) is 5.86. The van der Waals surface area contributed by atoms with E-state index in [-0.39, 0.29) is 36.4 Å². The van der Waals surface area contributed by atoms with Crippen molar-refractivity contribution < 1.29 is 14.0 Å². The predicted octanol–water partition coefficient (Wildman–Crippen LogP) is 3.36. The van der Waals surface area contributed by atoms with Crippen LogP contribution in [0, 0.1) is 11.7 Å². The zero-order valence-corrected chi connectivity index (χ0v) is 14.2. The molecule has 1 atom stereocenters. The quantitative estimate of drug-likeness (QED) is 0.848. The molecule has 0 aromatic heterocycles. The molecule has 1 saturated carbocycles. The molecule has 2 aliphatic rings. The van der Waals surface area contributed by atoms with Gasteiger partial charge in [0, 0.05) is 25.6 Å². The van der Waals surface area contributed by atoms with Gasteiger partial charge in [-0.2, -0.15) is 0 Å². The van der Waals surface area contributed by atoms with Crippen molar-refractivity contribution in [2.45, 2.75) is 51.5 Å². The monoisotopic (exact) mass is 332 g/mol. The molecule has 4 nitrogen and oxygen atoms in total. The Morgan fingerprint density at radius 3 is 2.62 bits per heavy atom. The third-order valence-corrected chi connectivity index (χ3v) is 5.26. The van der Waals surface area contributed by atoms with Crippen molar-refractivity contribution in [1.29, 1.82) is 0 Å². The van der Waals surface area contributed by atoms with Gasteiger partial charge in [-0.3, -0.25) is 9.59 Å². The molecular formula is C19H25FN2O2. The van der Waals surface area contributed by atoms with E-state index in [2.05, 4.69) is 0 Å². The van der Waals surface area contributed by atoms with Crippen LogP contribution < -0.4 is 4.90 Å². The molecule has 1 aliphatic heterocycles. The van der Waals surface area contributed by atoms with Crippen LogP contribution in [0.15, 0.2) is 24.3 Å². The molecule has 0 N–H and O–H groups in total. The lowest BCUT2D eigenvalue weighted by Crippen LogP contribution is -2.45. The number of anilines is 1. The van der Waals surface area contributed by atoms with Crippen molar-refractivity contribution in [2.75, 3.05) is 18.0 Å². The summed E-state index contributed by atoms with van der Waals surface area (Å²) >= 11 is 0. The largest absolute Gasteiger partial charge is 0.340 e. The molecule has 1 aromatic carbocycles. The molecule has 2 amide bonds. The number of rotatable bonds is 4. The van der Waals surface area contributed by atoms with Gasteiger partial charge in [0.1, 0.15) is 5.82 Å². The van der Waals surface area contributed by atoms with E-state index in [1.165, 1.54) is 30.2 Å². The lowest BCUT2D eigenvalue weighted by atomic mass is 9.93. The average molecular weight is 332 g/mol. The number of nitrogens with zero attached hydrogens (tertiary/aromatic N) is 2. The highest BCUT2D eigenvalue weighted by Gasteiger charge is 2.39. The molecule has 130 valence electrons. The third kappa shape index (κ3) is 3.30. The Hall–Kier alpha value is -1.91. The highest BCUT2D eigenvalue weighted by atomic mass is 19.1. The molecule has 5 heteroatoms. The smallest absolute Gasteiger partial charge is 0.228 e. The minimum Gasteiger partial charge on any atom is -0.340 e. The highest BCUT2D eigenvalue weighted by Crippen LogP contribution is 2.30. The van der Waals surface area contributed by atoms with Crippen molar-refractivity contribution in [3.63, 3.8) is 0 Å². The molecule has 2 fully saturated rings. The summed E-state index contributed by atoms with van der Waals surface area (Å²) in [4.78, 5) is 28.6. The lowest BCUT2D eigenvalue weighted by Gasteiger charge is -2.35. The number of para-hydroxylation sites is 1. The minimum atomic E-state index is -0.418. The fraction of sp³-hybridized carbons (Fsp3) is 0.579. The van der Waals surface area contributed by atoms with Crippen molar-refractivity contribution in [3.05, 3.63) is 30.1 Å². The number of hydrogen-bond acceptors (Lipinski definition) is 2. The van der Waals surface area contributed by atoms with Crippen LogP contribution in [0.3, 0.4) is 0 Å².